The SMILES string of the molecule is NC1=NC(c2ccccc2)[C@@H](F)c2ccccc21. The number of benzene rings is 2. The van der Waals surface area contributed by atoms with E-state index in [1.807, 2.05) is 48.5 Å². The van der Waals surface area contributed by atoms with E-state index in [4.69, 9.17) is 5.73 Å². The summed E-state index contributed by atoms with van der Waals surface area (Å²) in [6.45, 7) is 0. The molecule has 2 nitrogen and oxygen atoms in total. The van der Waals surface area contributed by atoms with Gasteiger partial charge in [-0.2, -0.15) is 0 Å². The third kappa shape index (κ3) is 1.68. The maximum atomic E-state index is 14.5. The molecule has 0 spiro atoms. The lowest BCUT2D eigenvalue weighted by Crippen LogP contribution is -2.24. The fourth-order valence-electron chi connectivity index (χ4n) is 2.32. The standard InChI is InChI=1S/C15H13FN2/c16-13-11-8-4-5-9-12(11)15(17)18-14(13)10-6-2-1-3-7-10/h1-9,13-14H,(H2,17,18)/t13-,14?/m0/s1. The summed E-state index contributed by atoms with van der Waals surface area (Å²) >= 11 is 0. The lowest BCUT2D eigenvalue weighted by Gasteiger charge is -2.25. The summed E-state index contributed by atoms with van der Waals surface area (Å²) in [5.41, 5.74) is 8.10. The molecule has 0 aromatic heterocycles. The zero-order chi connectivity index (χ0) is 12.5. The predicted octanol–water partition coefficient (Wildman–Crippen LogP) is 3.16. The Hall–Kier alpha value is -2.16. The molecule has 1 aliphatic heterocycles. The Morgan fingerprint density at radius 2 is 1.61 bits per heavy atom. The van der Waals surface area contributed by atoms with Crippen LogP contribution in [0.5, 0.6) is 0 Å². The van der Waals surface area contributed by atoms with Crippen molar-refractivity contribution in [1.29, 1.82) is 0 Å². The Morgan fingerprint density at radius 1 is 0.944 bits per heavy atom. The van der Waals surface area contributed by atoms with E-state index < -0.39 is 12.2 Å². The zero-order valence-electron chi connectivity index (χ0n) is 9.75. The Kier molecular flexibility index (Phi) is 2.59. The van der Waals surface area contributed by atoms with E-state index in [1.54, 1.807) is 6.07 Å². The molecule has 0 fully saturated rings. The number of nitrogens with zero attached hydrogens (tertiary/aromatic N) is 1. The number of amidine groups is 1. The molecule has 3 heteroatoms. The molecule has 1 aliphatic rings. The number of hydrogen-bond acceptors (Lipinski definition) is 2. The van der Waals surface area contributed by atoms with Crippen molar-refractivity contribution >= 4 is 5.84 Å². The van der Waals surface area contributed by atoms with E-state index in [1.165, 1.54) is 0 Å². The monoisotopic (exact) mass is 240 g/mol. The highest BCUT2D eigenvalue weighted by Gasteiger charge is 2.30. The molecule has 1 unspecified atom stereocenters. The van der Waals surface area contributed by atoms with Gasteiger partial charge in [0.15, 0.2) is 6.17 Å². The fourth-order valence-corrected chi connectivity index (χ4v) is 2.32. The second-order valence-electron chi connectivity index (χ2n) is 4.36. The van der Waals surface area contributed by atoms with Gasteiger partial charge in [-0.3, -0.25) is 4.99 Å². The summed E-state index contributed by atoms with van der Waals surface area (Å²) < 4.78 is 14.5. The molecule has 0 saturated carbocycles. The molecule has 90 valence electrons. The van der Waals surface area contributed by atoms with Gasteiger partial charge in [-0.25, -0.2) is 4.39 Å². The first-order valence-electron chi connectivity index (χ1n) is 5.89. The van der Waals surface area contributed by atoms with Gasteiger partial charge in [-0.15, -0.1) is 0 Å². The van der Waals surface area contributed by atoms with Gasteiger partial charge < -0.3 is 5.73 Å². The minimum absolute atomic E-state index is 0.411. The van der Waals surface area contributed by atoms with E-state index in [2.05, 4.69) is 4.99 Å². The number of halogens is 1. The Morgan fingerprint density at radius 3 is 2.39 bits per heavy atom. The summed E-state index contributed by atoms with van der Waals surface area (Å²) in [6.07, 6.45) is -1.14. The Bertz CT molecular complexity index is 592. The highest BCUT2D eigenvalue weighted by atomic mass is 19.1. The predicted molar refractivity (Wildman–Crippen MR) is 70.2 cm³/mol. The number of rotatable bonds is 1. The quantitative estimate of drug-likeness (QED) is 0.817. The zero-order valence-corrected chi connectivity index (χ0v) is 9.75. The molecule has 2 N–H and O–H groups in total. The van der Waals surface area contributed by atoms with Crippen molar-refractivity contribution in [3.8, 4) is 0 Å². The molecule has 2 aromatic rings. The van der Waals surface area contributed by atoms with E-state index in [0.29, 0.717) is 17.0 Å². The molecular formula is C15H13FN2. The number of aliphatic imine (C=N–C) groups is 1. The van der Waals surface area contributed by atoms with Crippen molar-refractivity contribution in [3.63, 3.8) is 0 Å². The molecule has 0 aliphatic carbocycles. The molecule has 0 bridgehead atoms. The molecule has 2 atom stereocenters. The summed E-state index contributed by atoms with van der Waals surface area (Å²) in [7, 11) is 0. The van der Waals surface area contributed by atoms with Crippen LogP contribution in [0.3, 0.4) is 0 Å². The summed E-state index contributed by atoms with van der Waals surface area (Å²) in [5, 5.41) is 0. The van der Waals surface area contributed by atoms with E-state index in [9.17, 15) is 4.39 Å². The van der Waals surface area contributed by atoms with Crippen LogP contribution in [0.15, 0.2) is 59.6 Å². The smallest absolute Gasteiger partial charge is 0.152 e. The first-order valence-corrected chi connectivity index (χ1v) is 5.89. The van der Waals surface area contributed by atoms with Crippen LogP contribution in [-0.4, -0.2) is 5.84 Å². The Labute approximate surface area is 105 Å². The maximum Gasteiger partial charge on any atom is 0.152 e. The number of nitrogens with two attached hydrogens (primary N) is 1. The highest BCUT2D eigenvalue weighted by Crippen LogP contribution is 2.39. The van der Waals surface area contributed by atoms with Crippen molar-refractivity contribution in [2.75, 3.05) is 0 Å². The third-order valence-corrected chi connectivity index (χ3v) is 3.23. The second kappa shape index (κ2) is 4.26. The fraction of sp³-hybridized carbons (Fsp3) is 0.133. The van der Waals surface area contributed by atoms with E-state index in [0.717, 1.165) is 5.56 Å². The summed E-state index contributed by atoms with van der Waals surface area (Å²) in [4.78, 5) is 4.29. The normalized spacial score (nSPS) is 22.2. The third-order valence-electron chi connectivity index (χ3n) is 3.23. The van der Waals surface area contributed by atoms with Gasteiger partial charge in [-0.1, -0.05) is 54.6 Å². The maximum absolute atomic E-state index is 14.5. The van der Waals surface area contributed by atoms with Gasteiger partial charge in [0, 0.05) is 5.56 Å². The van der Waals surface area contributed by atoms with Crippen molar-refractivity contribution in [1.82, 2.24) is 0 Å². The summed E-state index contributed by atoms with van der Waals surface area (Å²) in [6, 6.07) is 16.1. The minimum atomic E-state index is -1.14. The molecule has 18 heavy (non-hydrogen) atoms. The van der Waals surface area contributed by atoms with Gasteiger partial charge in [0.05, 0.1) is 0 Å². The van der Waals surface area contributed by atoms with Crippen LogP contribution in [0.1, 0.15) is 28.9 Å². The molecule has 0 saturated heterocycles. The van der Waals surface area contributed by atoms with Crippen LogP contribution in [0.2, 0.25) is 0 Å². The van der Waals surface area contributed by atoms with Crippen LogP contribution in [-0.2, 0) is 0 Å². The average molecular weight is 240 g/mol. The summed E-state index contributed by atoms with van der Waals surface area (Å²) in [5.74, 6) is 0.411. The first-order chi connectivity index (χ1) is 8.77. The minimum Gasteiger partial charge on any atom is -0.383 e. The topological polar surface area (TPSA) is 38.4 Å². The molecular weight excluding hydrogens is 227 g/mol. The van der Waals surface area contributed by atoms with Gasteiger partial charge in [0.2, 0.25) is 0 Å². The Balaban J connectivity index is 2.09. The van der Waals surface area contributed by atoms with Gasteiger partial charge in [0.25, 0.3) is 0 Å². The van der Waals surface area contributed by atoms with Crippen molar-refractivity contribution in [2.24, 2.45) is 10.7 Å². The largest absolute Gasteiger partial charge is 0.383 e. The lowest BCUT2D eigenvalue weighted by molar-refractivity contribution is 0.288. The van der Waals surface area contributed by atoms with Crippen LogP contribution in [0.4, 0.5) is 4.39 Å². The van der Waals surface area contributed by atoms with Crippen LogP contribution in [0.25, 0.3) is 0 Å². The van der Waals surface area contributed by atoms with E-state index in [-0.39, 0.29) is 0 Å². The van der Waals surface area contributed by atoms with Crippen LogP contribution < -0.4 is 5.73 Å². The number of hydrogen-bond donors (Lipinski definition) is 1. The lowest BCUT2D eigenvalue weighted by atomic mass is 9.91. The van der Waals surface area contributed by atoms with Crippen molar-refractivity contribution < 1.29 is 4.39 Å². The molecule has 0 radical (unpaired) electrons. The van der Waals surface area contributed by atoms with Gasteiger partial charge in [0.1, 0.15) is 11.9 Å². The van der Waals surface area contributed by atoms with Crippen molar-refractivity contribution in [3.05, 3.63) is 71.3 Å². The van der Waals surface area contributed by atoms with E-state index >= 15 is 0 Å². The van der Waals surface area contributed by atoms with Crippen molar-refractivity contribution in [2.45, 2.75) is 12.2 Å². The first kappa shape index (κ1) is 11.0. The number of fused-ring (bicyclic) bond motifs is 1. The van der Waals surface area contributed by atoms with Crippen LogP contribution in [0, 0.1) is 0 Å². The second-order valence-corrected chi connectivity index (χ2v) is 4.36. The molecule has 1 heterocycles. The average Bonchev–Trinajstić information content (AvgIpc) is 2.44. The highest BCUT2D eigenvalue weighted by molar-refractivity contribution is 6.00. The number of alkyl halides is 1. The molecule has 2 aromatic carbocycles. The molecule has 3 rings (SSSR count). The van der Waals surface area contributed by atoms with Gasteiger partial charge >= 0.3 is 0 Å². The molecule has 0 amide bonds. The van der Waals surface area contributed by atoms with Gasteiger partial charge in [-0.05, 0) is 11.1 Å². The van der Waals surface area contributed by atoms with Crippen LogP contribution >= 0.6 is 0 Å².